The van der Waals surface area contributed by atoms with E-state index in [0.29, 0.717) is 0 Å². The fourth-order valence-corrected chi connectivity index (χ4v) is 3.72. The van der Waals surface area contributed by atoms with Crippen molar-refractivity contribution in [2.45, 2.75) is 78.9 Å². The monoisotopic (exact) mass is 409 g/mol. The molecule has 0 aromatic rings. The van der Waals surface area contributed by atoms with E-state index >= 15 is 0 Å². The Balaban J connectivity index is 3.10. The lowest BCUT2D eigenvalue weighted by Gasteiger charge is -2.39. The van der Waals surface area contributed by atoms with Gasteiger partial charge in [-0.05, 0) is 44.7 Å². The first kappa shape index (κ1) is 25.1. The van der Waals surface area contributed by atoms with Gasteiger partial charge in [0.05, 0.1) is 12.1 Å². The normalized spacial score (nSPS) is 20.9. The van der Waals surface area contributed by atoms with E-state index in [4.69, 9.17) is 0 Å². The zero-order valence-electron chi connectivity index (χ0n) is 19.3. The first-order valence-corrected chi connectivity index (χ1v) is 10.5. The van der Waals surface area contributed by atoms with E-state index in [1.807, 2.05) is 46.6 Å². The van der Waals surface area contributed by atoms with Crippen LogP contribution in [0.4, 0.5) is 0 Å². The van der Waals surface area contributed by atoms with Crippen molar-refractivity contribution >= 4 is 17.8 Å². The molecule has 0 aromatic carbocycles. The highest BCUT2D eigenvalue weighted by atomic mass is 16.4. The van der Waals surface area contributed by atoms with Gasteiger partial charge in [0.25, 0.3) is 0 Å². The number of hydrogen-bond donors (Lipinski definition) is 2. The van der Waals surface area contributed by atoms with Crippen LogP contribution in [0.5, 0.6) is 0 Å². The highest BCUT2D eigenvalue weighted by molar-refractivity contribution is 5.91. The van der Waals surface area contributed by atoms with E-state index in [9.17, 15) is 19.5 Å². The molecule has 1 heterocycles. The second-order valence-electron chi connectivity index (χ2n) is 9.64. The van der Waals surface area contributed by atoms with Crippen LogP contribution >= 0.6 is 0 Å². The van der Waals surface area contributed by atoms with Gasteiger partial charge in [-0.15, -0.1) is 0 Å². The van der Waals surface area contributed by atoms with Crippen molar-refractivity contribution in [3.8, 4) is 0 Å². The summed E-state index contributed by atoms with van der Waals surface area (Å²) in [6.45, 7) is 12.1. The number of likely N-dealkylation sites (N-methyl/N-ethyl adjacent to an activating group) is 2. The molecule has 1 saturated heterocycles. The SMILES string of the molecule is C/C(=C\[C@H](C(C)C)N(C)C(=O)C(NC(=O)[C@H]1CCCCN1C)C(C)(C)C)C(=O)O. The molecule has 1 unspecified atom stereocenters. The van der Waals surface area contributed by atoms with Crippen LogP contribution < -0.4 is 5.32 Å². The standard InChI is InChI=1S/C22H39N3O4/c1-14(2)17(13-15(3)21(28)29)25(8)20(27)18(22(4,5)6)23-19(26)16-11-9-10-12-24(16)7/h13-14,16-18H,9-12H2,1-8H3,(H,23,26)(H,28,29)/b15-13+/t16-,17-,18?/m1/s1. The molecule has 0 radical (unpaired) electrons. The van der Waals surface area contributed by atoms with Crippen LogP contribution in [-0.2, 0) is 14.4 Å². The first-order valence-electron chi connectivity index (χ1n) is 10.5. The molecular weight excluding hydrogens is 370 g/mol. The molecule has 0 aromatic heterocycles. The number of nitrogens with zero attached hydrogens (tertiary/aromatic N) is 2. The Labute approximate surface area is 175 Å². The molecule has 0 spiro atoms. The summed E-state index contributed by atoms with van der Waals surface area (Å²) < 4.78 is 0. The van der Waals surface area contributed by atoms with Gasteiger partial charge in [-0.25, -0.2) is 4.79 Å². The minimum Gasteiger partial charge on any atom is -0.478 e. The van der Waals surface area contributed by atoms with Crippen LogP contribution in [0.2, 0.25) is 0 Å². The van der Waals surface area contributed by atoms with Crippen LogP contribution in [0.1, 0.15) is 60.8 Å². The number of carboxylic acids is 1. The average Bonchev–Trinajstić information content (AvgIpc) is 2.61. The van der Waals surface area contributed by atoms with Crippen molar-refractivity contribution < 1.29 is 19.5 Å². The Hall–Kier alpha value is -1.89. The van der Waals surface area contributed by atoms with E-state index in [1.54, 1.807) is 18.0 Å². The lowest BCUT2D eigenvalue weighted by molar-refractivity contribution is -0.141. The highest BCUT2D eigenvalue weighted by Crippen LogP contribution is 2.25. The predicted octanol–water partition coefficient (Wildman–Crippen LogP) is 2.52. The minimum atomic E-state index is -1.00. The van der Waals surface area contributed by atoms with Gasteiger partial charge >= 0.3 is 5.97 Å². The van der Waals surface area contributed by atoms with Crippen LogP contribution in [0, 0.1) is 11.3 Å². The Kier molecular flexibility index (Phi) is 8.87. The Morgan fingerprint density at radius 1 is 1.21 bits per heavy atom. The quantitative estimate of drug-likeness (QED) is 0.631. The summed E-state index contributed by atoms with van der Waals surface area (Å²) >= 11 is 0. The van der Waals surface area contributed by atoms with Gasteiger partial charge in [0.1, 0.15) is 6.04 Å². The minimum absolute atomic E-state index is 0.0269. The van der Waals surface area contributed by atoms with Gasteiger partial charge in [0, 0.05) is 12.6 Å². The summed E-state index contributed by atoms with van der Waals surface area (Å²) in [5.41, 5.74) is -0.287. The zero-order chi connectivity index (χ0) is 22.5. The Bertz CT molecular complexity index is 636. The molecule has 1 fully saturated rings. The zero-order valence-corrected chi connectivity index (χ0v) is 19.3. The second-order valence-corrected chi connectivity index (χ2v) is 9.64. The molecule has 0 aliphatic carbocycles. The number of carbonyl (C=O) groups excluding carboxylic acids is 2. The molecule has 1 rings (SSSR count). The topological polar surface area (TPSA) is 90.0 Å². The summed E-state index contributed by atoms with van der Waals surface area (Å²) in [7, 11) is 3.62. The summed E-state index contributed by atoms with van der Waals surface area (Å²) in [5.74, 6) is -1.30. The maximum Gasteiger partial charge on any atom is 0.331 e. The molecule has 7 heteroatoms. The molecule has 3 atom stereocenters. The van der Waals surface area contributed by atoms with E-state index in [-0.39, 0.29) is 35.4 Å². The molecule has 0 bridgehead atoms. The number of piperidine rings is 1. The van der Waals surface area contributed by atoms with E-state index in [2.05, 4.69) is 5.32 Å². The number of hydrogen-bond acceptors (Lipinski definition) is 4. The number of likely N-dealkylation sites (tertiary alicyclic amines) is 1. The summed E-state index contributed by atoms with van der Waals surface area (Å²) in [5, 5.41) is 12.2. The van der Waals surface area contributed by atoms with Crippen molar-refractivity contribution in [1.82, 2.24) is 15.1 Å². The molecule has 2 amide bonds. The highest BCUT2D eigenvalue weighted by Gasteiger charge is 2.39. The largest absolute Gasteiger partial charge is 0.478 e. The fourth-order valence-electron chi connectivity index (χ4n) is 3.72. The molecule has 2 N–H and O–H groups in total. The van der Waals surface area contributed by atoms with Crippen molar-refractivity contribution in [1.29, 1.82) is 0 Å². The van der Waals surface area contributed by atoms with Crippen molar-refractivity contribution in [3.05, 3.63) is 11.6 Å². The average molecular weight is 410 g/mol. The predicted molar refractivity (Wildman–Crippen MR) is 114 cm³/mol. The summed E-state index contributed by atoms with van der Waals surface area (Å²) in [4.78, 5) is 41.2. The molecule has 29 heavy (non-hydrogen) atoms. The number of carboxylic acid groups (broad SMARTS) is 1. The van der Waals surface area contributed by atoms with Crippen LogP contribution in [-0.4, -0.2) is 71.5 Å². The maximum atomic E-state index is 13.4. The van der Waals surface area contributed by atoms with Crippen molar-refractivity contribution in [3.63, 3.8) is 0 Å². The van der Waals surface area contributed by atoms with Gasteiger partial charge in [-0.2, -0.15) is 0 Å². The molecule has 0 saturated carbocycles. The summed E-state index contributed by atoms with van der Waals surface area (Å²) in [6, 6.07) is -1.30. The third-order valence-corrected chi connectivity index (χ3v) is 5.71. The molecule has 166 valence electrons. The Morgan fingerprint density at radius 2 is 1.79 bits per heavy atom. The van der Waals surface area contributed by atoms with E-state index < -0.39 is 17.4 Å². The van der Waals surface area contributed by atoms with Crippen molar-refractivity contribution in [2.24, 2.45) is 11.3 Å². The third-order valence-electron chi connectivity index (χ3n) is 5.71. The van der Waals surface area contributed by atoms with Crippen molar-refractivity contribution in [2.75, 3.05) is 20.6 Å². The lowest BCUT2D eigenvalue weighted by atomic mass is 9.84. The number of amides is 2. The number of rotatable bonds is 7. The number of carbonyl (C=O) groups is 3. The van der Waals surface area contributed by atoms with Crippen LogP contribution in [0.15, 0.2) is 11.6 Å². The third kappa shape index (κ3) is 6.84. The number of aliphatic carboxylic acids is 1. The van der Waals surface area contributed by atoms with Gasteiger partial charge in [-0.3, -0.25) is 14.5 Å². The molecule has 1 aliphatic heterocycles. The van der Waals surface area contributed by atoms with Gasteiger partial charge in [0.15, 0.2) is 0 Å². The van der Waals surface area contributed by atoms with Gasteiger partial charge < -0.3 is 15.3 Å². The summed E-state index contributed by atoms with van der Waals surface area (Å²) in [6.07, 6.45) is 4.49. The maximum absolute atomic E-state index is 13.4. The first-order chi connectivity index (χ1) is 13.3. The van der Waals surface area contributed by atoms with Crippen LogP contribution in [0.25, 0.3) is 0 Å². The number of nitrogens with one attached hydrogen (secondary N) is 1. The van der Waals surface area contributed by atoms with E-state index in [1.165, 1.54) is 6.92 Å². The van der Waals surface area contributed by atoms with Gasteiger partial charge in [0.2, 0.25) is 11.8 Å². The smallest absolute Gasteiger partial charge is 0.331 e. The van der Waals surface area contributed by atoms with E-state index in [0.717, 1.165) is 25.8 Å². The molecular formula is C22H39N3O4. The van der Waals surface area contributed by atoms with Gasteiger partial charge in [-0.1, -0.05) is 47.1 Å². The Morgan fingerprint density at radius 3 is 2.24 bits per heavy atom. The second kappa shape index (κ2) is 10.2. The lowest BCUT2D eigenvalue weighted by Crippen LogP contribution is -2.59. The molecule has 7 nitrogen and oxygen atoms in total. The molecule has 1 aliphatic rings. The van der Waals surface area contributed by atoms with Crippen LogP contribution in [0.3, 0.4) is 0 Å². The fraction of sp³-hybridized carbons (Fsp3) is 0.773.